The van der Waals surface area contributed by atoms with Crippen LogP contribution in [0, 0.1) is 56.2 Å². The minimum atomic E-state index is -1.90. The molecule has 7 aliphatic rings. The van der Waals surface area contributed by atoms with Crippen molar-refractivity contribution in [3.8, 4) is 0 Å². The number of aliphatic hydroxyl groups excluding tert-OH is 8. The maximum Gasteiger partial charge on any atom is 0.337 e. The van der Waals surface area contributed by atoms with Gasteiger partial charge in [-0.25, -0.2) is 9.59 Å². The lowest BCUT2D eigenvalue weighted by atomic mass is 9.32. The maximum atomic E-state index is 14.5. The largest absolute Gasteiger partial charge is 0.469 e. The molecular formula is C53H82O20. The highest BCUT2D eigenvalue weighted by molar-refractivity contribution is 5.88. The molecule has 0 radical (unpaired) electrons. The van der Waals surface area contributed by atoms with Crippen molar-refractivity contribution in [2.24, 2.45) is 56.2 Å². The van der Waals surface area contributed by atoms with Gasteiger partial charge in [0.25, 0.3) is 0 Å². The number of carbonyl (C=O) groups is 4. The molecule has 6 fully saturated rings. The van der Waals surface area contributed by atoms with Gasteiger partial charge in [0.15, 0.2) is 24.8 Å². The predicted molar refractivity (Wildman–Crippen MR) is 255 cm³/mol. The third-order valence-corrected chi connectivity index (χ3v) is 19.9. The van der Waals surface area contributed by atoms with Crippen LogP contribution in [0.1, 0.15) is 114 Å². The van der Waals surface area contributed by atoms with E-state index in [1.165, 1.54) is 7.11 Å². The van der Waals surface area contributed by atoms with Crippen LogP contribution in [0.15, 0.2) is 23.3 Å². The smallest absolute Gasteiger partial charge is 0.337 e. The molecule has 7 rings (SSSR count). The van der Waals surface area contributed by atoms with Gasteiger partial charge in [-0.2, -0.15) is 0 Å². The highest BCUT2D eigenvalue weighted by Crippen LogP contribution is 2.76. The first-order valence-electron chi connectivity index (χ1n) is 25.9. The second-order valence-electron chi connectivity index (χ2n) is 23.8. The van der Waals surface area contributed by atoms with Crippen LogP contribution < -0.4 is 0 Å². The number of ether oxygens (including phenoxy) is 8. The number of methoxy groups -OCH3 is 2. The number of allylic oxidation sites excluding steroid dienone is 2. The molecule has 8 N–H and O–H groups in total. The van der Waals surface area contributed by atoms with E-state index in [0.717, 1.165) is 12.7 Å². The Hall–Kier alpha value is -3.12. The molecule has 23 atom stereocenters. The van der Waals surface area contributed by atoms with Crippen LogP contribution in [0.5, 0.6) is 0 Å². The molecule has 5 aliphatic carbocycles. The second kappa shape index (κ2) is 20.7. The quantitative estimate of drug-likeness (QED) is 0.0454. The molecule has 0 spiro atoms. The van der Waals surface area contributed by atoms with Gasteiger partial charge < -0.3 is 78.7 Å². The summed E-state index contributed by atoms with van der Waals surface area (Å²) in [6.45, 7) is 17.4. The SMILES string of the molecule is C/C=C(/C)C(=O)O[C@H]1C(OC(=O)C(C)CC)[C@]2(CO)C(O)C(O)C3(C)C(=CCC4[C@@]5(C)CC[C@H](O[C@@H]6O[C@H](C(=O)OC)[C@@H](O)[C@H](O[C@@H]7OC[C@@H](O)[C@@H](O)[C@H]7O)[C@H]6O)[C@@](C)(C(=O)OC)C5CC[C@]43C)[C@@H]2CC1(C)C. The minimum absolute atomic E-state index is 0.183. The fourth-order valence-electron chi connectivity index (χ4n) is 15.0. The second-order valence-corrected chi connectivity index (χ2v) is 23.8. The molecule has 0 bridgehead atoms. The molecular weight excluding hydrogens is 957 g/mol. The van der Waals surface area contributed by atoms with Gasteiger partial charge >= 0.3 is 23.9 Å². The van der Waals surface area contributed by atoms with Crippen LogP contribution in [0.3, 0.4) is 0 Å². The van der Waals surface area contributed by atoms with E-state index in [1.807, 2.05) is 27.7 Å². The minimum Gasteiger partial charge on any atom is -0.469 e. The topological polar surface area (TPSA) is 304 Å². The zero-order valence-corrected chi connectivity index (χ0v) is 44.4. The number of hydrogen-bond donors (Lipinski definition) is 8. The average Bonchev–Trinajstić information content (AvgIpc) is 3.36. The average molecular weight is 1040 g/mol. The van der Waals surface area contributed by atoms with E-state index in [2.05, 4.69) is 19.9 Å². The summed E-state index contributed by atoms with van der Waals surface area (Å²) < 4.78 is 46.8. The molecule has 0 aromatic carbocycles. The molecule has 20 heteroatoms. The molecule has 2 aliphatic heterocycles. The Morgan fingerprint density at radius 2 is 1.49 bits per heavy atom. The molecule has 2 heterocycles. The molecule has 73 heavy (non-hydrogen) atoms. The number of fused-ring (bicyclic) bond motifs is 7. The van der Waals surface area contributed by atoms with E-state index in [0.29, 0.717) is 37.7 Å². The molecule has 0 aromatic heterocycles. The van der Waals surface area contributed by atoms with Gasteiger partial charge in [0.2, 0.25) is 0 Å². The summed E-state index contributed by atoms with van der Waals surface area (Å²) in [4.78, 5) is 55.0. The van der Waals surface area contributed by atoms with Crippen molar-refractivity contribution in [1.29, 1.82) is 0 Å². The Kier molecular flexibility index (Phi) is 16.3. The van der Waals surface area contributed by atoms with E-state index in [1.54, 1.807) is 33.8 Å². The highest BCUT2D eigenvalue weighted by atomic mass is 16.7. The Morgan fingerprint density at radius 3 is 2.10 bits per heavy atom. The summed E-state index contributed by atoms with van der Waals surface area (Å²) in [7, 11) is 2.33. The lowest BCUT2D eigenvalue weighted by Gasteiger charge is -2.73. The third kappa shape index (κ3) is 8.73. The Morgan fingerprint density at radius 1 is 0.822 bits per heavy atom. The van der Waals surface area contributed by atoms with Crippen LogP contribution in [-0.2, 0) is 57.1 Å². The lowest BCUT2D eigenvalue weighted by molar-refractivity contribution is -0.357. The number of rotatable bonds is 12. The van der Waals surface area contributed by atoms with Gasteiger partial charge in [-0.15, -0.1) is 0 Å². The molecule has 7 unspecified atom stereocenters. The molecule has 414 valence electrons. The van der Waals surface area contributed by atoms with Gasteiger partial charge in [-0.3, -0.25) is 9.59 Å². The summed E-state index contributed by atoms with van der Waals surface area (Å²) in [5.41, 5.74) is -5.54. The summed E-state index contributed by atoms with van der Waals surface area (Å²) in [6, 6.07) is 0. The lowest BCUT2D eigenvalue weighted by Crippen LogP contribution is -2.76. The van der Waals surface area contributed by atoms with E-state index in [9.17, 15) is 60.0 Å². The van der Waals surface area contributed by atoms with Crippen LogP contribution in [0.2, 0.25) is 0 Å². The predicted octanol–water partition coefficient (Wildman–Crippen LogP) is 1.76. The van der Waals surface area contributed by atoms with Crippen molar-refractivity contribution in [3.63, 3.8) is 0 Å². The summed E-state index contributed by atoms with van der Waals surface area (Å²) >= 11 is 0. The normalized spacial score (nSPS) is 47.8. The summed E-state index contributed by atoms with van der Waals surface area (Å²) in [6.07, 6.45) is -16.1. The standard InChI is InChI=1S/C53H82O20/c1-13-24(3)42(62)72-40-41(73-43(63)25(4)14-2)53(23-54)27(21-48(40,5)6)26-15-16-29-49(7)19-18-31(51(9,47(65)67-12)30(49)17-20-50(29,8)52(26,10)38(60)39(53)61)69-46-35(59)36(34(58)37(71-46)44(64)66-11)70-45-33(57)32(56)28(55)22-68-45/h13,15,25,27-41,45-46,54-61H,14,16-23H2,1-12H3/b24-13-/t25?,27-,28+,29?,30?,31-,32+,33+,34-,35+,36-,37-,38?,39?,40-,41?,45-,46+,49+,50+,51-,52?,53-/m0/s1. The van der Waals surface area contributed by atoms with Gasteiger partial charge in [-0.1, -0.05) is 66.2 Å². The Bertz CT molecular complexity index is 2150. The zero-order chi connectivity index (χ0) is 54.3. The highest BCUT2D eigenvalue weighted by Gasteiger charge is 2.77. The van der Waals surface area contributed by atoms with Crippen molar-refractivity contribution < 1.29 is 97.9 Å². The number of carbonyl (C=O) groups excluding carboxylic acids is 4. The molecule has 20 nitrogen and oxygen atoms in total. The van der Waals surface area contributed by atoms with Crippen molar-refractivity contribution in [3.05, 3.63) is 23.3 Å². The van der Waals surface area contributed by atoms with Crippen molar-refractivity contribution in [2.45, 2.75) is 200 Å². The van der Waals surface area contributed by atoms with E-state index < -0.39 is 173 Å². The zero-order valence-electron chi connectivity index (χ0n) is 44.4. The fraction of sp³-hybridized carbons (Fsp3) is 0.849. The van der Waals surface area contributed by atoms with Gasteiger partial charge in [-0.05, 0) is 94.3 Å². The third-order valence-electron chi connectivity index (χ3n) is 19.9. The van der Waals surface area contributed by atoms with Gasteiger partial charge in [0.1, 0.15) is 42.7 Å². The first-order valence-corrected chi connectivity index (χ1v) is 25.9. The van der Waals surface area contributed by atoms with E-state index in [4.69, 9.17) is 37.9 Å². The van der Waals surface area contributed by atoms with Crippen molar-refractivity contribution >= 4 is 23.9 Å². The summed E-state index contributed by atoms with van der Waals surface area (Å²) in [5, 5.41) is 91.9. The number of aliphatic hydroxyl groups is 8. The van der Waals surface area contributed by atoms with E-state index in [-0.39, 0.29) is 18.8 Å². The molecule has 2 saturated heterocycles. The maximum absolute atomic E-state index is 14.5. The van der Waals surface area contributed by atoms with Crippen molar-refractivity contribution in [2.75, 3.05) is 27.4 Å². The Balaban J connectivity index is 1.25. The molecule has 4 saturated carbocycles. The van der Waals surface area contributed by atoms with E-state index >= 15 is 0 Å². The molecule has 0 aromatic rings. The first-order chi connectivity index (χ1) is 34.1. The van der Waals surface area contributed by atoms with Crippen LogP contribution in [0.4, 0.5) is 0 Å². The molecule has 0 amide bonds. The number of esters is 4. The Labute approximate surface area is 427 Å². The van der Waals surface area contributed by atoms with Gasteiger partial charge in [0.05, 0.1) is 62.5 Å². The van der Waals surface area contributed by atoms with Crippen LogP contribution in [-0.4, -0.2) is 178 Å². The van der Waals surface area contributed by atoms with Crippen LogP contribution >= 0.6 is 0 Å². The first kappa shape index (κ1) is 57.6. The monoisotopic (exact) mass is 1040 g/mol. The summed E-state index contributed by atoms with van der Waals surface area (Å²) in [5.74, 6) is -4.85. The number of hydrogen-bond acceptors (Lipinski definition) is 20. The van der Waals surface area contributed by atoms with Gasteiger partial charge in [0, 0.05) is 16.4 Å². The fourth-order valence-corrected chi connectivity index (χ4v) is 15.0. The van der Waals surface area contributed by atoms with Crippen molar-refractivity contribution in [1.82, 2.24) is 0 Å². The van der Waals surface area contributed by atoms with Crippen LogP contribution in [0.25, 0.3) is 0 Å².